The third kappa shape index (κ3) is 5.27. The standard InChI is InChI=1S/C18H18F2N2O3/c1-25-13-5-2-11(3-6-13)9-16(18(21)24)22-17(23)10-12-4-7-14(19)15(20)8-12/h2-8,16H,9-10H2,1H3,(H2,21,24)(H,22,23)/t16-/m1/s1. The number of carbonyl (C=O) groups is 2. The average molecular weight is 348 g/mol. The molecule has 0 aliphatic carbocycles. The van der Waals surface area contributed by atoms with Crippen LogP contribution in [0.2, 0.25) is 0 Å². The van der Waals surface area contributed by atoms with E-state index in [0.717, 1.165) is 17.7 Å². The quantitative estimate of drug-likeness (QED) is 0.800. The van der Waals surface area contributed by atoms with Crippen molar-refractivity contribution in [3.05, 3.63) is 65.2 Å². The van der Waals surface area contributed by atoms with Gasteiger partial charge in [0.05, 0.1) is 13.5 Å². The van der Waals surface area contributed by atoms with Crippen molar-refractivity contribution >= 4 is 11.8 Å². The first kappa shape index (κ1) is 18.4. The summed E-state index contributed by atoms with van der Waals surface area (Å²) in [5.41, 5.74) is 6.42. The Morgan fingerprint density at radius 3 is 2.28 bits per heavy atom. The van der Waals surface area contributed by atoms with Crippen LogP contribution in [0.1, 0.15) is 11.1 Å². The third-order valence-corrected chi connectivity index (χ3v) is 3.63. The van der Waals surface area contributed by atoms with Crippen LogP contribution in [0.5, 0.6) is 5.75 Å². The number of nitrogens with one attached hydrogen (secondary N) is 1. The summed E-state index contributed by atoms with van der Waals surface area (Å²) >= 11 is 0. The Morgan fingerprint density at radius 2 is 1.72 bits per heavy atom. The molecule has 2 rings (SSSR count). The number of carbonyl (C=O) groups excluding carboxylic acids is 2. The molecule has 7 heteroatoms. The lowest BCUT2D eigenvalue weighted by molar-refractivity contribution is -0.127. The van der Waals surface area contributed by atoms with Crippen molar-refractivity contribution < 1.29 is 23.1 Å². The molecule has 0 bridgehead atoms. The monoisotopic (exact) mass is 348 g/mol. The van der Waals surface area contributed by atoms with Crippen LogP contribution in [0.25, 0.3) is 0 Å². The van der Waals surface area contributed by atoms with Crippen molar-refractivity contribution in [2.24, 2.45) is 5.73 Å². The minimum Gasteiger partial charge on any atom is -0.497 e. The van der Waals surface area contributed by atoms with E-state index in [4.69, 9.17) is 10.5 Å². The molecule has 0 saturated carbocycles. The molecule has 0 aliphatic rings. The van der Waals surface area contributed by atoms with E-state index in [9.17, 15) is 18.4 Å². The molecule has 2 aromatic carbocycles. The topological polar surface area (TPSA) is 81.4 Å². The van der Waals surface area contributed by atoms with Crippen LogP contribution >= 0.6 is 0 Å². The third-order valence-electron chi connectivity index (χ3n) is 3.63. The normalized spacial score (nSPS) is 11.6. The van der Waals surface area contributed by atoms with Crippen LogP contribution in [0, 0.1) is 11.6 Å². The van der Waals surface area contributed by atoms with Gasteiger partial charge >= 0.3 is 0 Å². The van der Waals surface area contributed by atoms with Crippen molar-refractivity contribution in [3.8, 4) is 5.75 Å². The van der Waals surface area contributed by atoms with Crippen molar-refractivity contribution in [2.75, 3.05) is 7.11 Å². The minimum absolute atomic E-state index is 0.191. The fourth-order valence-electron chi connectivity index (χ4n) is 2.30. The summed E-state index contributed by atoms with van der Waals surface area (Å²) in [5.74, 6) is -2.55. The Labute approximate surface area is 143 Å². The molecule has 0 heterocycles. The molecule has 0 saturated heterocycles. The van der Waals surface area contributed by atoms with Gasteiger partial charge < -0.3 is 15.8 Å². The summed E-state index contributed by atoms with van der Waals surface area (Å²) < 4.78 is 31.1. The zero-order chi connectivity index (χ0) is 18.4. The number of ether oxygens (including phenoxy) is 1. The van der Waals surface area contributed by atoms with E-state index < -0.39 is 29.5 Å². The highest BCUT2D eigenvalue weighted by Crippen LogP contribution is 2.13. The Hall–Kier alpha value is -2.96. The predicted octanol–water partition coefficient (Wildman–Crippen LogP) is 1.73. The summed E-state index contributed by atoms with van der Waals surface area (Å²) in [4.78, 5) is 23.6. The molecule has 0 aromatic heterocycles. The molecular formula is C18H18F2N2O3. The molecule has 3 N–H and O–H groups in total. The second-order valence-electron chi connectivity index (χ2n) is 5.50. The first-order valence-corrected chi connectivity index (χ1v) is 7.54. The van der Waals surface area contributed by atoms with E-state index in [1.165, 1.54) is 6.07 Å². The minimum atomic E-state index is -1.03. The van der Waals surface area contributed by atoms with Crippen molar-refractivity contribution in [2.45, 2.75) is 18.9 Å². The second kappa shape index (κ2) is 8.23. The SMILES string of the molecule is COc1ccc(C[C@@H](NC(=O)Cc2ccc(F)c(F)c2)C(N)=O)cc1. The number of amides is 2. The lowest BCUT2D eigenvalue weighted by atomic mass is 10.0. The molecule has 0 fully saturated rings. The van der Waals surface area contributed by atoms with E-state index >= 15 is 0 Å². The number of primary amides is 1. The maximum atomic E-state index is 13.2. The number of methoxy groups -OCH3 is 1. The molecule has 0 aliphatic heterocycles. The van der Waals surface area contributed by atoms with Crippen LogP contribution in [0.15, 0.2) is 42.5 Å². The summed E-state index contributed by atoms with van der Waals surface area (Å²) in [5, 5.41) is 2.52. The van der Waals surface area contributed by atoms with Gasteiger partial charge in [0, 0.05) is 6.42 Å². The molecule has 5 nitrogen and oxygen atoms in total. The number of hydrogen-bond acceptors (Lipinski definition) is 3. The van der Waals surface area contributed by atoms with Crippen molar-refractivity contribution in [1.29, 1.82) is 0 Å². The summed E-state index contributed by atoms with van der Waals surface area (Å²) in [6.07, 6.45) is 0.0203. The molecule has 1 atom stereocenters. The van der Waals surface area contributed by atoms with Gasteiger partial charge in [0.15, 0.2) is 11.6 Å². The fourth-order valence-corrected chi connectivity index (χ4v) is 2.30. The van der Waals surface area contributed by atoms with Gasteiger partial charge in [-0.05, 0) is 35.4 Å². The van der Waals surface area contributed by atoms with E-state index in [-0.39, 0.29) is 12.8 Å². The van der Waals surface area contributed by atoms with Gasteiger partial charge in [0.1, 0.15) is 11.8 Å². The number of hydrogen-bond donors (Lipinski definition) is 2. The van der Waals surface area contributed by atoms with Gasteiger partial charge in [0.25, 0.3) is 0 Å². The summed E-state index contributed by atoms with van der Waals surface area (Å²) in [6.45, 7) is 0. The van der Waals surface area contributed by atoms with Gasteiger partial charge in [-0.25, -0.2) is 8.78 Å². The van der Waals surface area contributed by atoms with Crippen molar-refractivity contribution in [1.82, 2.24) is 5.32 Å². The molecule has 2 amide bonds. The van der Waals surface area contributed by atoms with E-state index in [0.29, 0.717) is 11.3 Å². The Kier molecular flexibility index (Phi) is 6.05. The molecule has 25 heavy (non-hydrogen) atoms. The van der Waals surface area contributed by atoms with Crippen molar-refractivity contribution in [3.63, 3.8) is 0 Å². The van der Waals surface area contributed by atoms with Gasteiger partial charge in [-0.1, -0.05) is 18.2 Å². The molecule has 0 spiro atoms. The molecule has 132 valence electrons. The van der Waals surface area contributed by atoms with E-state index in [2.05, 4.69) is 5.32 Å². The zero-order valence-electron chi connectivity index (χ0n) is 13.6. The molecular weight excluding hydrogens is 330 g/mol. The Bertz CT molecular complexity index is 763. The lowest BCUT2D eigenvalue weighted by Gasteiger charge is -2.16. The summed E-state index contributed by atoms with van der Waals surface area (Å²) in [6, 6.07) is 9.27. The van der Waals surface area contributed by atoms with Gasteiger partial charge in [-0.15, -0.1) is 0 Å². The first-order valence-electron chi connectivity index (χ1n) is 7.54. The fraction of sp³-hybridized carbons (Fsp3) is 0.222. The Balaban J connectivity index is 2.00. The van der Waals surface area contributed by atoms with Gasteiger partial charge in [-0.2, -0.15) is 0 Å². The lowest BCUT2D eigenvalue weighted by Crippen LogP contribution is -2.46. The maximum Gasteiger partial charge on any atom is 0.240 e. The van der Waals surface area contributed by atoms with Gasteiger partial charge in [-0.3, -0.25) is 9.59 Å². The number of rotatable bonds is 7. The predicted molar refractivity (Wildman–Crippen MR) is 87.9 cm³/mol. The number of nitrogens with two attached hydrogens (primary N) is 1. The highest BCUT2D eigenvalue weighted by Gasteiger charge is 2.19. The Morgan fingerprint density at radius 1 is 1.08 bits per heavy atom. The maximum absolute atomic E-state index is 13.2. The smallest absolute Gasteiger partial charge is 0.240 e. The summed E-state index contributed by atoms with van der Waals surface area (Å²) in [7, 11) is 1.54. The highest BCUT2D eigenvalue weighted by molar-refractivity contribution is 5.87. The zero-order valence-corrected chi connectivity index (χ0v) is 13.6. The van der Waals surface area contributed by atoms with Crippen LogP contribution < -0.4 is 15.8 Å². The first-order chi connectivity index (χ1) is 11.9. The second-order valence-corrected chi connectivity index (χ2v) is 5.50. The van der Waals surface area contributed by atoms with Crippen LogP contribution in [0.3, 0.4) is 0 Å². The molecule has 2 aromatic rings. The van der Waals surface area contributed by atoms with Crippen LogP contribution in [-0.4, -0.2) is 25.0 Å². The molecule has 0 unspecified atom stereocenters. The van der Waals surface area contributed by atoms with Crippen LogP contribution in [0.4, 0.5) is 8.78 Å². The van der Waals surface area contributed by atoms with Gasteiger partial charge in [0.2, 0.25) is 11.8 Å². The molecule has 0 radical (unpaired) electrons. The number of benzene rings is 2. The van der Waals surface area contributed by atoms with E-state index in [1.807, 2.05) is 0 Å². The highest BCUT2D eigenvalue weighted by atomic mass is 19.2. The van der Waals surface area contributed by atoms with E-state index in [1.54, 1.807) is 31.4 Å². The average Bonchev–Trinajstić information content (AvgIpc) is 2.58. The number of halogens is 2. The van der Waals surface area contributed by atoms with Crippen LogP contribution in [-0.2, 0) is 22.4 Å². The largest absolute Gasteiger partial charge is 0.497 e.